The highest BCUT2D eigenvalue weighted by Crippen LogP contribution is 2.58. The van der Waals surface area contributed by atoms with E-state index in [4.69, 9.17) is 4.74 Å². The Morgan fingerprint density at radius 1 is 1.42 bits per heavy atom. The maximum atomic E-state index is 11.4. The molecule has 2 rings (SSSR count). The number of ether oxygens (including phenoxy) is 1. The molecule has 68 valence electrons. The molecule has 0 aromatic carbocycles. The highest BCUT2D eigenvalue weighted by molar-refractivity contribution is 5.75. The summed E-state index contributed by atoms with van der Waals surface area (Å²) in [4.78, 5) is 11.4. The molecule has 0 spiro atoms. The van der Waals surface area contributed by atoms with Crippen LogP contribution in [0.5, 0.6) is 0 Å². The first kappa shape index (κ1) is 8.09. The zero-order valence-corrected chi connectivity index (χ0v) is 8.02. The molecule has 2 heteroatoms. The van der Waals surface area contributed by atoms with Crippen molar-refractivity contribution in [2.75, 3.05) is 6.61 Å². The molecule has 2 nitrogen and oxygen atoms in total. The molecule has 0 radical (unpaired) electrons. The molecule has 1 saturated carbocycles. The number of carbonyl (C=O) groups is 1. The van der Waals surface area contributed by atoms with Gasteiger partial charge in [-0.25, -0.2) is 0 Å². The predicted octanol–water partition coefficient (Wildman–Crippen LogP) is 1.99. The molecule has 2 fully saturated rings. The summed E-state index contributed by atoms with van der Waals surface area (Å²) in [5.74, 6) is 0.172. The van der Waals surface area contributed by atoms with Gasteiger partial charge in [-0.05, 0) is 18.3 Å². The van der Waals surface area contributed by atoms with E-state index in [0.29, 0.717) is 6.61 Å². The second-order valence-electron chi connectivity index (χ2n) is 4.98. The SMILES string of the molecule is CC1(C)[C@@H]2CC[C@@]1(C)COC2=O. The van der Waals surface area contributed by atoms with E-state index in [2.05, 4.69) is 20.8 Å². The molecule has 0 amide bonds. The van der Waals surface area contributed by atoms with Gasteiger partial charge in [0, 0.05) is 5.41 Å². The van der Waals surface area contributed by atoms with Crippen molar-refractivity contribution in [1.82, 2.24) is 0 Å². The summed E-state index contributed by atoms with van der Waals surface area (Å²) in [5.41, 5.74) is 0.369. The number of rotatable bonds is 0. The van der Waals surface area contributed by atoms with Gasteiger partial charge in [-0.2, -0.15) is 0 Å². The monoisotopic (exact) mass is 168 g/mol. The van der Waals surface area contributed by atoms with Crippen molar-refractivity contribution in [3.05, 3.63) is 0 Å². The van der Waals surface area contributed by atoms with Gasteiger partial charge in [-0.1, -0.05) is 20.8 Å². The summed E-state index contributed by atoms with van der Waals surface area (Å²) >= 11 is 0. The fourth-order valence-electron chi connectivity index (χ4n) is 2.57. The first-order valence-electron chi connectivity index (χ1n) is 4.64. The number of fused-ring (bicyclic) bond motifs is 2. The van der Waals surface area contributed by atoms with Gasteiger partial charge < -0.3 is 4.74 Å². The highest BCUT2D eigenvalue weighted by Gasteiger charge is 2.58. The Kier molecular flexibility index (Phi) is 1.37. The van der Waals surface area contributed by atoms with Crippen LogP contribution in [0.2, 0.25) is 0 Å². The molecule has 0 aromatic rings. The Morgan fingerprint density at radius 2 is 2.08 bits per heavy atom. The van der Waals surface area contributed by atoms with E-state index in [1.165, 1.54) is 0 Å². The lowest BCUT2D eigenvalue weighted by atomic mass is 9.65. The standard InChI is InChI=1S/C10H16O2/c1-9(2)7-4-5-10(9,3)6-12-8(7)11/h7H,4-6H2,1-3H3/t7-,10+/m1/s1. The molecule has 2 bridgehead atoms. The van der Waals surface area contributed by atoms with Gasteiger partial charge in [-0.15, -0.1) is 0 Å². The zero-order chi connectivity index (χ0) is 8.98. The smallest absolute Gasteiger partial charge is 0.309 e. The van der Waals surface area contributed by atoms with E-state index in [1.54, 1.807) is 0 Å². The van der Waals surface area contributed by atoms with Gasteiger partial charge >= 0.3 is 5.97 Å². The number of hydrogen-bond acceptors (Lipinski definition) is 2. The third-order valence-corrected chi connectivity index (χ3v) is 4.23. The van der Waals surface area contributed by atoms with Crippen molar-refractivity contribution in [3.63, 3.8) is 0 Å². The lowest BCUT2D eigenvalue weighted by molar-refractivity contribution is -0.169. The van der Waals surface area contributed by atoms with Gasteiger partial charge in [0.25, 0.3) is 0 Å². The molecule has 0 N–H and O–H groups in total. The topological polar surface area (TPSA) is 26.3 Å². The molecule has 1 aliphatic carbocycles. The Labute approximate surface area is 73.3 Å². The molecule has 2 atom stereocenters. The molecular weight excluding hydrogens is 152 g/mol. The van der Waals surface area contributed by atoms with E-state index >= 15 is 0 Å². The number of cyclic esters (lactones) is 1. The first-order valence-corrected chi connectivity index (χ1v) is 4.64. The largest absolute Gasteiger partial charge is 0.465 e. The van der Waals surface area contributed by atoms with Crippen LogP contribution >= 0.6 is 0 Å². The highest BCUT2D eigenvalue weighted by atomic mass is 16.5. The first-order chi connectivity index (χ1) is 5.47. The predicted molar refractivity (Wildman–Crippen MR) is 45.6 cm³/mol. The minimum absolute atomic E-state index is 0.0231. The van der Waals surface area contributed by atoms with Crippen LogP contribution in [0.15, 0.2) is 0 Å². The normalized spacial score (nSPS) is 44.2. The summed E-state index contributed by atoms with van der Waals surface area (Å²) < 4.78 is 5.16. The van der Waals surface area contributed by atoms with Gasteiger partial charge in [0.05, 0.1) is 12.5 Å². The molecule has 12 heavy (non-hydrogen) atoms. The number of esters is 1. The number of carbonyl (C=O) groups excluding carboxylic acids is 1. The second-order valence-corrected chi connectivity index (χ2v) is 4.98. The molecule has 1 aliphatic heterocycles. The van der Waals surface area contributed by atoms with Crippen molar-refractivity contribution < 1.29 is 9.53 Å². The number of hydrogen-bond donors (Lipinski definition) is 0. The average Bonchev–Trinajstić information content (AvgIpc) is 2.16. The van der Waals surface area contributed by atoms with Crippen LogP contribution in [-0.2, 0) is 9.53 Å². The van der Waals surface area contributed by atoms with E-state index in [0.717, 1.165) is 12.8 Å². The summed E-state index contributed by atoms with van der Waals surface area (Å²) in [6.07, 6.45) is 2.15. The van der Waals surface area contributed by atoms with Crippen molar-refractivity contribution >= 4 is 5.97 Å². The minimum atomic E-state index is 0.0231. The Morgan fingerprint density at radius 3 is 2.67 bits per heavy atom. The van der Waals surface area contributed by atoms with E-state index < -0.39 is 0 Å². The molecule has 0 unspecified atom stereocenters. The molecule has 2 aliphatic rings. The van der Waals surface area contributed by atoms with Gasteiger partial charge in [-0.3, -0.25) is 4.79 Å². The fourth-order valence-corrected chi connectivity index (χ4v) is 2.57. The van der Waals surface area contributed by atoms with Gasteiger partial charge in [0.1, 0.15) is 0 Å². The lowest BCUT2D eigenvalue weighted by Gasteiger charge is -2.44. The van der Waals surface area contributed by atoms with Crippen molar-refractivity contribution in [2.45, 2.75) is 33.6 Å². The van der Waals surface area contributed by atoms with E-state index in [-0.39, 0.29) is 22.7 Å². The fraction of sp³-hybridized carbons (Fsp3) is 0.900. The van der Waals surface area contributed by atoms with Crippen LogP contribution in [0, 0.1) is 16.7 Å². The molecular formula is C10H16O2. The Balaban J connectivity index is 2.40. The van der Waals surface area contributed by atoms with Crippen molar-refractivity contribution in [3.8, 4) is 0 Å². The minimum Gasteiger partial charge on any atom is -0.465 e. The van der Waals surface area contributed by atoms with Crippen LogP contribution < -0.4 is 0 Å². The van der Waals surface area contributed by atoms with Crippen LogP contribution in [0.4, 0.5) is 0 Å². The van der Waals surface area contributed by atoms with Crippen LogP contribution in [0.25, 0.3) is 0 Å². The second kappa shape index (κ2) is 2.04. The quantitative estimate of drug-likeness (QED) is 0.517. The molecule has 1 saturated heterocycles. The molecule has 1 heterocycles. The Hall–Kier alpha value is -0.530. The molecule has 0 aromatic heterocycles. The van der Waals surface area contributed by atoms with Crippen LogP contribution in [0.3, 0.4) is 0 Å². The van der Waals surface area contributed by atoms with Crippen LogP contribution in [-0.4, -0.2) is 12.6 Å². The van der Waals surface area contributed by atoms with Gasteiger partial charge in [0.2, 0.25) is 0 Å². The third kappa shape index (κ3) is 0.732. The Bertz CT molecular complexity index is 232. The van der Waals surface area contributed by atoms with Gasteiger partial charge in [0.15, 0.2) is 0 Å². The van der Waals surface area contributed by atoms with Crippen molar-refractivity contribution in [1.29, 1.82) is 0 Å². The maximum Gasteiger partial charge on any atom is 0.309 e. The third-order valence-electron chi connectivity index (χ3n) is 4.23. The van der Waals surface area contributed by atoms with Crippen LogP contribution in [0.1, 0.15) is 33.6 Å². The summed E-state index contributed by atoms with van der Waals surface area (Å²) in [5, 5.41) is 0. The average molecular weight is 168 g/mol. The summed E-state index contributed by atoms with van der Waals surface area (Å²) in [7, 11) is 0. The summed E-state index contributed by atoms with van der Waals surface area (Å²) in [6.45, 7) is 7.25. The van der Waals surface area contributed by atoms with E-state index in [1.807, 2.05) is 0 Å². The van der Waals surface area contributed by atoms with Crippen molar-refractivity contribution in [2.24, 2.45) is 16.7 Å². The van der Waals surface area contributed by atoms with E-state index in [9.17, 15) is 4.79 Å². The lowest BCUT2D eigenvalue weighted by Crippen LogP contribution is -2.46. The maximum absolute atomic E-state index is 11.4. The zero-order valence-electron chi connectivity index (χ0n) is 8.02. The summed E-state index contributed by atoms with van der Waals surface area (Å²) in [6, 6.07) is 0.